The summed E-state index contributed by atoms with van der Waals surface area (Å²) in [6.45, 7) is 0. The molecular formula is C7H10O3S. The van der Waals surface area contributed by atoms with Crippen molar-refractivity contribution in [2.45, 2.75) is 18.4 Å². The quantitative estimate of drug-likeness (QED) is 0.548. The van der Waals surface area contributed by atoms with E-state index in [1.165, 1.54) is 0 Å². The molecule has 0 aromatic heterocycles. The Morgan fingerprint density at radius 1 is 1.64 bits per heavy atom. The van der Waals surface area contributed by atoms with Gasteiger partial charge in [0.05, 0.1) is 17.1 Å². The molecule has 0 saturated carbocycles. The van der Waals surface area contributed by atoms with Gasteiger partial charge in [-0.2, -0.15) is 0 Å². The van der Waals surface area contributed by atoms with E-state index in [4.69, 9.17) is 6.42 Å². The predicted molar refractivity (Wildman–Crippen MR) is 41.7 cm³/mol. The number of terminal acetylenes is 1. The first kappa shape index (κ1) is 8.57. The second-order valence-electron chi connectivity index (χ2n) is 2.95. The summed E-state index contributed by atoms with van der Waals surface area (Å²) in [6, 6.07) is 0. The highest BCUT2D eigenvalue weighted by atomic mass is 32.2. The maximum Gasteiger partial charge on any atom is 0.153 e. The fourth-order valence-electron chi connectivity index (χ4n) is 1.23. The molecule has 1 aliphatic rings. The Labute approximate surface area is 66.3 Å². The van der Waals surface area contributed by atoms with Gasteiger partial charge in [-0.1, -0.05) is 0 Å². The van der Waals surface area contributed by atoms with E-state index >= 15 is 0 Å². The summed E-state index contributed by atoms with van der Waals surface area (Å²) in [4.78, 5) is 0. The fourth-order valence-corrected chi connectivity index (χ4v) is 3.13. The predicted octanol–water partition coefficient (Wildman–Crippen LogP) is -0.441. The molecule has 3 nitrogen and oxygen atoms in total. The molecule has 4 heteroatoms. The molecule has 1 rings (SSSR count). The molecule has 0 radical (unpaired) electrons. The zero-order chi connectivity index (χ0) is 8.54. The summed E-state index contributed by atoms with van der Waals surface area (Å²) < 4.78 is 21.8. The standard InChI is InChI=1S/C7H10O3S/c1-2-3-7(8)4-5-11(9,10)6-7/h1,8H,3-6H2/t7-/m1/s1. The van der Waals surface area contributed by atoms with Crippen molar-refractivity contribution in [1.82, 2.24) is 0 Å². The minimum Gasteiger partial charge on any atom is -0.388 e. The Morgan fingerprint density at radius 3 is 2.64 bits per heavy atom. The highest BCUT2D eigenvalue weighted by molar-refractivity contribution is 7.91. The third kappa shape index (κ3) is 1.95. The van der Waals surface area contributed by atoms with Crippen LogP contribution in [0.25, 0.3) is 0 Å². The second-order valence-corrected chi connectivity index (χ2v) is 5.13. The molecule has 1 heterocycles. The molecule has 0 aliphatic carbocycles. The van der Waals surface area contributed by atoms with E-state index in [0.29, 0.717) is 0 Å². The third-order valence-corrected chi connectivity index (χ3v) is 3.60. The van der Waals surface area contributed by atoms with Gasteiger partial charge in [-0.15, -0.1) is 12.3 Å². The van der Waals surface area contributed by atoms with E-state index in [-0.39, 0.29) is 24.3 Å². The lowest BCUT2D eigenvalue weighted by molar-refractivity contribution is 0.0733. The molecule has 0 unspecified atom stereocenters. The Hall–Kier alpha value is -0.530. The smallest absolute Gasteiger partial charge is 0.153 e. The van der Waals surface area contributed by atoms with Crippen LogP contribution in [0.2, 0.25) is 0 Å². The van der Waals surface area contributed by atoms with Crippen molar-refractivity contribution < 1.29 is 13.5 Å². The minimum absolute atomic E-state index is 0.0607. The Morgan fingerprint density at radius 2 is 2.27 bits per heavy atom. The van der Waals surface area contributed by atoms with Gasteiger partial charge < -0.3 is 5.11 Å². The summed E-state index contributed by atoms with van der Waals surface area (Å²) >= 11 is 0. The number of aliphatic hydroxyl groups is 1. The summed E-state index contributed by atoms with van der Waals surface area (Å²) in [5.41, 5.74) is -1.15. The molecule has 1 N–H and O–H groups in total. The number of hydrogen-bond acceptors (Lipinski definition) is 3. The van der Waals surface area contributed by atoms with E-state index in [9.17, 15) is 13.5 Å². The Bertz CT molecular complexity index is 285. The summed E-state index contributed by atoms with van der Waals surface area (Å²) in [5.74, 6) is 2.16. The lowest BCUT2D eigenvalue weighted by Crippen LogP contribution is -2.29. The van der Waals surface area contributed by atoms with Crippen LogP contribution in [0.4, 0.5) is 0 Å². The Balaban J connectivity index is 2.75. The molecule has 0 aromatic rings. The molecule has 0 aromatic carbocycles. The van der Waals surface area contributed by atoms with Gasteiger partial charge in [0.1, 0.15) is 0 Å². The molecule has 0 amide bonds. The molecule has 11 heavy (non-hydrogen) atoms. The van der Waals surface area contributed by atoms with E-state index in [1.807, 2.05) is 0 Å². The highest BCUT2D eigenvalue weighted by Crippen LogP contribution is 2.25. The average Bonchev–Trinajstić information content (AvgIpc) is 2.07. The largest absolute Gasteiger partial charge is 0.388 e. The molecule has 1 fully saturated rings. The van der Waals surface area contributed by atoms with Crippen LogP contribution >= 0.6 is 0 Å². The summed E-state index contributed by atoms with van der Waals surface area (Å²) in [6.07, 6.45) is 5.39. The molecule has 1 atom stereocenters. The first-order valence-electron chi connectivity index (χ1n) is 3.34. The van der Waals surface area contributed by atoms with Crippen LogP contribution in [0.15, 0.2) is 0 Å². The van der Waals surface area contributed by atoms with Crippen molar-refractivity contribution >= 4 is 9.84 Å². The highest BCUT2D eigenvalue weighted by Gasteiger charge is 2.39. The monoisotopic (exact) mass is 174 g/mol. The molecule has 1 saturated heterocycles. The van der Waals surface area contributed by atoms with Crippen molar-refractivity contribution in [2.75, 3.05) is 11.5 Å². The van der Waals surface area contributed by atoms with E-state index in [2.05, 4.69) is 5.92 Å². The van der Waals surface area contributed by atoms with E-state index < -0.39 is 15.4 Å². The normalized spacial score (nSPS) is 34.9. The van der Waals surface area contributed by atoms with Gasteiger partial charge >= 0.3 is 0 Å². The van der Waals surface area contributed by atoms with Gasteiger partial charge in [-0.05, 0) is 6.42 Å². The van der Waals surface area contributed by atoms with Crippen molar-refractivity contribution in [3.8, 4) is 12.3 Å². The molecule has 62 valence electrons. The van der Waals surface area contributed by atoms with Gasteiger partial charge in [0.2, 0.25) is 0 Å². The topological polar surface area (TPSA) is 54.4 Å². The number of rotatable bonds is 1. The molecular weight excluding hydrogens is 164 g/mol. The van der Waals surface area contributed by atoms with Crippen LogP contribution in [0.3, 0.4) is 0 Å². The summed E-state index contributed by atoms with van der Waals surface area (Å²) in [7, 11) is -3.02. The third-order valence-electron chi connectivity index (χ3n) is 1.80. The number of sulfone groups is 1. The minimum atomic E-state index is -3.02. The van der Waals surface area contributed by atoms with Gasteiger partial charge in [-0.3, -0.25) is 0 Å². The maximum absolute atomic E-state index is 10.9. The van der Waals surface area contributed by atoms with Gasteiger partial charge in [0.25, 0.3) is 0 Å². The number of hydrogen-bond donors (Lipinski definition) is 1. The zero-order valence-corrected chi connectivity index (χ0v) is 6.89. The van der Waals surface area contributed by atoms with Gasteiger partial charge in [-0.25, -0.2) is 8.42 Å². The van der Waals surface area contributed by atoms with Gasteiger partial charge in [0, 0.05) is 6.42 Å². The first-order valence-corrected chi connectivity index (χ1v) is 5.16. The lowest BCUT2D eigenvalue weighted by Gasteiger charge is -2.15. The Kier molecular flexibility index (Phi) is 1.95. The first-order chi connectivity index (χ1) is 4.97. The maximum atomic E-state index is 10.9. The lowest BCUT2D eigenvalue weighted by atomic mass is 10.0. The fraction of sp³-hybridized carbons (Fsp3) is 0.714. The van der Waals surface area contributed by atoms with Crippen LogP contribution in [0.1, 0.15) is 12.8 Å². The van der Waals surface area contributed by atoms with Crippen molar-refractivity contribution in [2.24, 2.45) is 0 Å². The van der Waals surface area contributed by atoms with Gasteiger partial charge in [0.15, 0.2) is 9.84 Å². The van der Waals surface area contributed by atoms with Crippen molar-refractivity contribution in [3.63, 3.8) is 0 Å². The van der Waals surface area contributed by atoms with Crippen molar-refractivity contribution in [1.29, 1.82) is 0 Å². The van der Waals surface area contributed by atoms with E-state index in [0.717, 1.165) is 0 Å². The average molecular weight is 174 g/mol. The second kappa shape index (κ2) is 2.50. The van der Waals surface area contributed by atoms with Crippen LogP contribution in [-0.4, -0.2) is 30.6 Å². The van der Waals surface area contributed by atoms with E-state index in [1.54, 1.807) is 0 Å². The van der Waals surface area contributed by atoms with Crippen LogP contribution in [0, 0.1) is 12.3 Å². The van der Waals surface area contributed by atoms with Crippen LogP contribution in [0.5, 0.6) is 0 Å². The van der Waals surface area contributed by atoms with Crippen LogP contribution < -0.4 is 0 Å². The molecule has 1 aliphatic heterocycles. The van der Waals surface area contributed by atoms with Crippen LogP contribution in [-0.2, 0) is 9.84 Å². The SMILES string of the molecule is C#CC[C@@]1(O)CCS(=O)(=O)C1. The molecule has 0 spiro atoms. The zero-order valence-electron chi connectivity index (χ0n) is 6.08. The van der Waals surface area contributed by atoms with Crippen molar-refractivity contribution in [3.05, 3.63) is 0 Å². The summed E-state index contributed by atoms with van der Waals surface area (Å²) in [5, 5.41) is 9.51. The molecule has 0 bridgehead atoms.